The van der Waals surface area contributed by atoms with Crippen molar-refractivity contribution in [2.24, 2.45) is 5.92 Å². The van der Waals surface area contributed by atoms with Crippen LogP contribution in [0.3, 0.4) is 0 Å². The van der Waals surface area contributed by atoms with Gasteiger partial charge in [0.2, 0.25) is 0 Å². The molecule has 23 heavy (non-hydrogen) atoms. The standard InChI is InChI=1S/C16H16ClF2NO2S/c1-11(2)10-20(16-9-12(17)3-8-15(16)19)23(21,22)14-6-4-13(18)5-7-14/h3-9,11H,10H2,1-2H3. The summed E-state index contributed by atoms with van der Waals surface area (Å²) < 4.78 is 53.8. The average Bonchev–Trinajstić information content (AvgIpc) is 2.47. The summed E-state index contributed by atoms with van der Waals surface area (Å²) in [6.07, 6.45) is 0. The van der Waals surface area contributed by atoms with Crippen molar-refractivity contribution in [2.45, 2.75) is 18.7 Å². The van der Waals surface area contributed by atoms with E-state index in [-0.39, 0.29) is 28.1 Å². The predicted molar refractivity (Wildman–Crippen MR) is 87.2 cm³/mol. The molecule has 2 aromatic rings. The maximum atomic E-state index is 14.2. The Morgan fingerprint density at radius 2 is 1.70 bits per heavy atom. The second kappa shape index (κ2) is 6.84. The van der Waals surface area contributed by atoms with Crippen LogP contribution in [-0.4, -0.2) is 15.0 Å². The summed E-state index contributed by atoms with van der Waals surface area (Å²) in [5.74, 6) is -1.29. The molecule has 0 saturated heterocycles. The molecule has 0 spiro atoms. The number of benzene rings is 2. The van der Waals surface area contributed by atoms with Crippen LogP contribution in [-0.2, 0) is 10.0 Å². The van der Waals surface area contributed by atoms with E-state index < -0.39 is 21.7 Å². The largest absolute Gasteiger partial charge is 0.264 e. The molecule has 124 valence electrons. The first-order valence-corrected chi connectivity index (χ1v) is 8.77. The quantitative estimate of drug-likeness (QED) is 0.789. The van der Waals surface area contributed by atoms with Gasteiger partial charge in [-0.15, -0.1) is 0 Å². The van der Waals surface area contributed by atoms with Gasteiger partial charge in [-0.05, 0) is 48.4 Å². The summed E-state index contributed by atoms with van der Waals surface area (Å²) in [7, 11) is -4.04. The van der Waals surface area contributed by atoms with Crippen molar-refractivity contribution in [2.75, 3.05) is 10.8 Å². The van der Waals surface area contributed by atoms with E-state index in [0.29, 0.717) is 0 Å². The van der Waals surface area contributed by atoms with Crippen molar-refractivity contribution in [1.29, 1.82) is 0 Å². The zero-order chi connectivity index (χ0) is 17.2. The van der Waals surface area contributed by atoms with Gasteiger partial charge in [0.1, 0.15) is 11.6 Å². The fourth-order valence-electron chi connectivity index (χ4n) is 2.07. The molecule has 2 aromatic carbocycles. The maximum Gasteiger partial charge on any atom is 0.264 e. The minimum Gasteiger partial charge on any atom is -0.263 e. The predicted octanol–water partition coefficient (Wildman–Crippen LogP) is 4.47. The molecular formula is C16H16ClF2NO2S. The lowest BCUT2D eigenvalue weighted by Gasteiger charge is -2.26. The Morgan fingerprint density at radius 3 is 2.26 bits per heavy atom. The highest BCUT2D eigenvalue weighted by molar-refractivity contribution is 7.92. The molecule has 0 unspecified atom stereocenters. The van der Waals surface area contributed by atoms with Gasteiger partial charge in [-0.25, -0.2) is 17.2 Å². The number of hydrogen-bond acceptors (Lipinski definition) is 2. The fourth-order valence-corrected chi connectivity index (χ4v) is 3.86. The summed E-state index contributed by atoms with van der Waals surface area (Å²) in [5.41, 5.74) is -0.129. The Kier molecular flexibility index (Phi) is 5.26. The smallest absolute Gasteiger partial charge is 0.263 e. The van der Waals surface area contributed by atoms with Crippen LogP contribution in [0.2, 0.25) is 5.02 Å². The summed E-state index contributed by atoms with van der Waals surface area (Å²) in [4.78, 5) is -0.112. The molecule has 0 heterocycles. The molecule has 0 fully saturated rings. The molecule has 0 amide bonds. The summed E-state index contributed by atoms with van der Waals surface area (Å²) in [6, 6.07) is 8.13. The highest BCUT2D eigenvalue weighted by atomic mass is 35.5. The van der Waals surface area contributed by atoms with Crippen molar-refractivity contribution in [1.82, 2.24) is 0 Å². The third-order valence-electron chi connectivity index (χ3n) is 3.11. The molecule has 3 nitrogen and oxygen atoms in total. The van der Waals surface area contributed by atoms with E-state index in [1.807, 2.05) is 13.8 Å². The highest BCUT2D eigenvalue weighted by Crippen LogP contribution is 2.29. The second-order valence-corrected chi connectivity index (χ2v) is 7.78. The van der Waals surface area contributed by atoms with Gasteiger partial charge in [-0.1, -0.05) is 25.4 Å². The molecule has 0 radical (unpaired) electrons. The molecule has 0 aliphatic carbocycles. The Hall–Kier alpha value is -1.66. The summed E-state index contributed by atoms with van der Waals surface area (Å²) in [6.45, 7) is 3.70. The molecule has 0 bridgehead atoms. The van der Waals surface area contributed by atoms with E-state index in [1.165, 1.54) is 12.1 Å². The zero-order valence-corrected chi connectivity index (χ0v) is 14.2. The van der Waals surface area contributed by atoms with E-state index in [4.69, 9.17) is 11.6 Å². The fraction of sp³-hybridized carbons (Fsp3) is 0.250. The first kappa shape index (κ1) is 17.7. The third kappa shape index (κ3) is 4.00. The van der Waals surface area contributed by atoms with Gasteiger partial charge in [0.05, 0.1) is 10.6 Å². The van der Waals surface area contributed by atoms with Gasteiger partial charge in [-0.3, -0.25) is 4.31 Å². The lowest BCUT2D eigenvalue weighted by Crippen LogP contribution is -2.35. The molecule has 2 rings (SSSR count). The van der Waals surface area contributed by atoms with E-state index in [0.717, 1.165) is 34.6 Å². The van der Waals surface area contributed by atoms with E-state index in [2.05, 4.69) is 0 Å². The number of anilines is 1. The number of hydrogen-bond donors (Lipinski definition) is 0. The van der Waals surface area contributed by atoms with Crippen molar-refractivity contribution < 1.29 is 17.2 Å². The third-order valence-corrected chi connectivity index (χ3v) is 5.14. The van der Waals surface area contributed by atoms with Crippen LogP contribution in [0, 0.1) is 17.6 Å². The lowest BCUT2D eigenvalue weighted by molar-refractivity contribution is 0.569. The highest BCUT2D eigenvalue weighted by Gasteiger charge is 2.28. The molecule has 0 aliphatic rings. The van der Waals surface area contributed by atoms with Crippen LogP contribution >= 0.6 is 11.6 Å². The topological polar surface area (TPSA) is 37.4 Å². The SMILES string of the molecule is CC(C)CN(c1cc(Cl)ccc1F)S(=O)(=O)c1ccc(F)cc1. The van der Waals surface area contributed by atoms with Crippen molar-refractivity contribution in [3.8, 4) is 0 Å². The Labute approximate surface area is 139 Å². The molecule has 0 aliphatic heterocycles. The molecule has 7 heteroatoms. The van der Waals surface area contributed by atoms with E-state index >= 15 is 0 Å². The van der Waals surface area contributed by atoms with Crippen molar-refractivity contribution in [3.63, 3.8) is 0 Å². The molecule has 0 N–H and O–H groups in total. The average molecular weight is 360 g/mol. The number of halogens is 3. The minimum atomic E-state index is -4.04. The first-order valence-electron chi connectivity index (χ1n) is 6.95. The zero-order valence-electron chi connectivity index (χ0n) is 12.6. The first-order chi connectivity index (χ1) is 10.7. The van der Waals surface area contributed by atoms with Crippen LogP contribution in [0.15, 0.2) is 47.4 Å². The maximum absolute atomic E-state index is 14.2. The molecule has 0 saturated carbocycles. The summed E-state index contributed by atoms with van der Waals surface area (Å²) in [5, 5.41) is 0.226. The lowest BCUT2D eigenvalue weighted by atomic mass is 10.2. The second-order valence-electron chi connectivity index (χ2n) is 5.48. The van der Waals surface area contributed by atoms with Crippen molar-refractivity contribution in [3.05, 3.63) is 59.1 Å². The number of nitrogens with zero attached hydrogens (tertiary/aromatic N) is 1. The molecular weight excluding hydrogens is 344 g/mol. The van der Waals surface area contributed by atoms with Crippen molar-refractivity contribution >= 4 is 27.3 Å². The number of rotatable bonds is 5. The van der Waals surface area contributed by atoms with Gasteiger partial charge in [0.15, 0.2) is 0 Å². The minimum absolute atomic E-state index is 0.0522. The van der Waals surface area contributed by atoms with Crippen LogP contribution in [0.5, 0.6) is 0 Å². The molecule has 0 aromatic heterocycles. The number of sulfonamides is 1. The van der Waals surface area contributed by atoms with Gasteiger partial charge >= 0.3 is 0 Å². The Balaban J connectivity index is 2.58. The molecule has 0 atom stereocenters. The van der Waals surface area contributed by atoms with Crippen LogP contribution in [0.1, 0.15) is 13.8 Å². The van der Waals surface area contributed by atoms with Gasteiger partial charge in [0, 0.05) is 11.6 Å². The van der Waals surface area contributed by atoms with Crippen LogP contribution < -0.4 is 4.31 Å². The monoisotopic (exact) mass is 359 g/mol. The van der Waals surface area contributed by atoms with E-state index in [1.54, 1.807) is 0 Å². The van der Waals surface area contributed by atoms with Gasteiger partial charge in [0.25, 0.3) is 10.0 Å². The van der Waals surface area contributed by atoms with Gasteiger partial charge in [-0.2, -0.15) is 0 Å². The Bertz CT molecular complexity index is 792. The van der Waals surface area contributed by atoms with Gasteiger partial charge < -0.3 is 0 Å². The summed E-state index contributed by atoms with van der Waals surface area (Å²) >= 11 is 5.88. The normalized spacial score (nSPS) is 11.7. The van der Waals surface area contributed by atoms with Crippen LogP contribution in [0.4, 0.5) is 14.5 Å². The Morgan fingerprint density at radius 1 is 1.09 bits per heavy atom. The van der Waals surface area contributed by atoms with Crippen LogP contribution in [0.25, 0.3) is 0 Å². The van der Waals surface area contributed by atoms with E-state index in [9.17, 15) is 17.2 Å².